The predicted octanol–water partition coefficient (Wildman–Crippen LogP) is 2.33. The number of piperazine rings is 1. The average molecular weight is 350 g/mol. The van der Waals surface area contributed by atoms with Crippen molar-refractivity contribution >= 4 is 17.3 Å². The van der Waals surface area contributed by atoms with Crippen LogP contribution in [0, 0.1) is 5.92 Å². The van der Waals surface area contributed by atoms with Gasteiger partial charge in [0.05, 0.1) is 26.2 Å². The molecule has 0 atom stereocenters. The number of carbonyl (C=O) groups is 1. The number of carbonyl (C=O) groups excluding carboxylic acids is 1. The highest BCUT2D eigenvalue weighted by Crippen LogP contribution is 2.28. The second kappa shape index (κ2) is 7.92. The highest BCUT2D eigenvalue weighted by molar-refractivity contribution is 5.93. The SMILES string of the molecule is O=C(Nc1ccc(N2CC[NH+](Cc3ccccc3)CC2)cc1)C1CCC1. The number of hydrogen-bond donors (Lipinski definition) is 2. The summed E-state index contributed by atoms with van der Waals surface area (Å²) in [4.78, 5) is 16.1. The molecule has 1 heterocycles. The fourth-order valence-electron chi connectivity index (χ4n) is 3.81. The first-order valence-corrected chi connectivity index (χ1v) is 9.81. The third-order valence-corrected chi connectivity index (χ3v) is 5.74. The molecular formula is C22H28N3O+. The summed E-state index contributed by atoms with van der Waals surface area (Å²) in [6.45, 7) is 5.59. The maximum absolute atomic E-state index is 12.0. The normalized spacial score (nSPS) is 18.4. The molecule has 2 aromatic carbocycles. The predicted molar refractivity (Wildman–Crippen MR) is 105 cm³/mol. The van der Waals surface area contributed by atoms with Crippen molar-refractivity contribution in [3.8, 4) is 0 Å². The van der Waals surface area contributed by atoms with Crippen LogP contribution in [0.5, 0.6) is 0 Å². The quantitative estimate of drug-likeness (QED) is 0.868. The summed E-state index contributed by atoms with van der Waals surface area (Å²) in [7, 11) is 0. The first-order valence-electron chi connectivity index (χ1n) is 9.81. The molecule has 1 aliphatic heterocycles. The van der Waals surface area contributed by atoms with Crippen LogP contribution < -0.4 is 15.1 Å². The molecule has 1 amide bonds. The van der Waals surface area contributed by atoms with Crippen molar-refractivity contribution in [3.05, 3.63) is 60.2 Å². The number of quaternary nitrogens is 1. The van der Waals surface area contributed by atoms with E-state index in [1.54, 1.807) is 4.90 Å². The van der Waals surface area contributed by atoms with Gasteiger partial charge in [-0.15, -0.1) is 0 Å². The third kappa shape index (κ3) is 4.07. The van der Waals surface area contributed by atoms with Crippen LogP contribution in [0.4, 0.5) is 11.4 Å². The van der Waals surface area contributed by atoms with Crippen LogP contribution in [-0.2, 0) is 11.3 Å². The maximum Gasteiger partial charge on any atom is 0.227 e. The van der Waals surface area contributed by atoms with Crippen LogP contribution in [0.15, 0.2) is 54.6 Å². The zero-order valence-corrected chi connectivity index (χ0v) is 15.3. The van der Waals surface area contributed by atoms with Gasteiger partial charge in [0.15, 0.2) is 0 Å². The van der Waals surface area contributed by atoms with E-state index in [1.807, 2.05) is 12.1 Å². The molecule has 0 spiro atoms. The van der Waals surface area contributed by atoms with E-state index >= 15 is 0 Å². The van der Waals surface area contributed by atoms with Gasteiger partial charge in [-0.1, -0.05) is 36.8 Å². The molecule has 4 nitrogen and oxygen atoms in total. The second-order valence-corrected chi connectivity index (χ2v) is 7.56. The lowest BCUT2D eigenvalue weighted by molar-refractivity contribution is -0.914. The van der Waals surface area contributed by atoms with Crippen LogP contribution >= 0.6 is 0 Å². The van der Waals surface area contributed by atoms with Crippen LogP contribution in [0.2, 0.25) is 0 Å². The maximum atomic E-state index is 12.0. The van der Waals surface area contributed by atoms with Crippen molar-refractivity contribution in [1.82, 2.24) is 0 Å². The van der Waals surface area contributed by atoms with Gasteiger partial charge in [-0.05, 0) is 37.1 Å². The standard InChI is InChI=1S/C22H27N3O/c26-22(19-7-4-8-19)23-20-9-11-21(12-10-20)25-15-13-24(14-16-25)17-18-5-2-1-3-6-18/h1-3,5-6,9-12,19H,4,7-8,13-17H2,(H,23,26)/p+1. The molecule has 1 saturated heterocycles. The lowest BCUT2D eigenvalue weighted by Crippen LogP contribution is -3.13. The average Bonchev–Trinajstić information content (AvgIpc) is 2.62. The van der Waals surface area contributed by atoms with Gasteiger partial charge in [-0.2, -0.15) is 0 Å². The highest BCUT2D eigenvalue weighted by atomic mass is 16.1. The molecule has 0 aromatic heterocycles. The smallest absolute Gasteiger partial charge is 0.227 e. The van der Waals surface area contributed by atoms with Crippen molar-refractivity contribution in [2.75, 3.05) is 36.4 Å². The lowest BCUT2D eigenvalue weighted by atomic mass is 9.85. The Balaban J connectivity index is 1.28. The van der Waals surface area contributed by atoms with Gasteiger partial charge >= 0.3 is 0 Å². The Morgan fingerprint density at radius 1 is 1.00 bits per heavy atom. The van der Waals surface area contributed by atoms with E-state index in [0.29, 0.717) is 0 Å². The van der Waals surface area contributed by atoms with Crippen LogP contribution in [0.1, 0.15) is 24.8 Å². The van der Waals surface area contributed by atoms with Crippen LogP contribution in [0.25, 0.3) is 0 Å². The second-order valence-electron chi connectivity index (χ2n) is 7.56. The van der Waals surface area contributed by atoms with Crippen LogP contribution in [0.3, 0.4) is 0 Å². The number of hydrogen-bond acceptors (Lipinski definition) is 2. The van der Waals surface area contributed by atoms with Gasteiger partial charge < -0.3 is 15.1 Å². The molecule has 2 fully saturated rings. The van der Waals surface area contributed by atoms with Crippen molar-refractivity contribution in [1.29, 1.82) is 0 Å². The van der Waals surface area contributed by atoms with E-state index in [1.165, 1.54) is 17.7 Å². The summed E-state index contributed by atoms with van der Waals surface area (Å²) in [5.74, 6) is 0.414. The Labute approximate surface area is 155 Å². The Kier molecular flexibility index (Phi) is 5.21. The van der Waals surface area contributed by atoms with Gasteiger partial charge in [0.25, 0.3) is 0 Å². The number of nitrogens with zero attached hydrogens (tertiary/aromatic N) is 1. The fourth-order valence-corrected chi connectivity index (χ4v) is 3.81. The number of benzene rings is 2. The van der Waals surface area contributed by atoms with Crippen LogP contribution in [-0.4, -0.2) is 32.1 Å². The van der Waals surface area contributed by atoms with Gasteiger partial charge in [0.2, 0.25) is 5.91 Å². The summed E-state index contributed by atoms with van der Waals surface area (Å²) in [6.07, 6.45) is 3.27. The number of anilines is 2. The highest BCUT2D eigenvalue weighted by Gasteiger charge is 2.25. The molecule has 2 aromatic rings. The van der Waals surface area contributed by atoms with E-state index in [2.05, 4.69) is 52.7 Å². The number of rotatable bonds is 5. The number of amides is 1. The Hall–Kier alpha value is -2.33. The minimum Gasteiger partial charge on any atom is -0.360 e. The molecule has 0 radical (unpaired) electrons. The molecule has 2 N–H and O–H groups in total. The summed E-state index contributed by atoms with van der Waals surface area (Å²) < 4.78 is 0. The molecule has 0 bridgehead atoms. The van der Waals surface area contributed by atoms with E-state index < -0.39 is 0 Å². The minimum absolute atomic E-state index is 0.183. The fraction of sp³-hybridized carbons (Fsp3) is 0.409. The topological polar surface area (TPSA) is 36.8 Å². The summed E-state index contributed by atoms with van der Waals surface area (Å²) in [5, 5.41) is 3.05. The number of nitrogens with one attached hydrogen (secondary N) is 2. The van der Waals surface area contributed by atoms with Gasteiger partial charge in [0.1, 0.15) is 6.54 Å². The lowest BCUT2D eigenvalue weighted by Gasteiger charge is -2.33. The van der Waals surface area contributed by atoms with Crippen molar-refractivity contribution in [3.63, 3.8) is 0 Å². The molecule has 4 rings (SSSR count). The van der Waals surface area contributed by atoms with E-state index in [9.17, 15) is 4.79 Å². The zero-order chi connectivity index (χ0) is 17.8. The first-order chi connectivity index (χ1) is 12.8. The Bertz CT molecular complexity index is 717. The molecule has 26 heavy (non-hydrogen) atoms. The van der Waals surface area contributed by atoms with Crippen molar-refractivity contribution in [2.45, 2.75) is 25.8 Å². The summed E-state index contributed by atoms with van der Waals surface area (Å²) >= 11 is 0. The first kappa shape index (κ1) is 17.1. The van der Waals surface area contributed by atoms with Crippen molar-refractivity contribution in [2.24, 2.45) is 5.92 Å². The summed E-state index contributed by atoms with van der Waals surface area (Å²) in [5.41, 5.74) is 3.59. The molecule has 2 aliphatic rings. The van der Waals surface area contributed by atoms with E-state index in [0.717, 1.165) is 51.3 Å². The summed E-state index contributed by atoms with van der Waals surface area (Å²) in [6, 6.07) is 19.1. The molecular weight excluding hydrogens is 322 g/mol. The molecule has 4 heteroatoms. The largest absolute Gasteiger partial charge is 0.360 e. The third-order valence-electron chi connectivity index (χ3n) is 5.74. The molecule has 1 aliphatic carbocycles. The Morgan fingerprint density at radius 2 is 1.69 bits per heavy atom. The molecule has 136 valence electrons. The zero-order valence-electron chi connectivity index (χ0n) is 15.3. The minimum atomic E-state index is 0.183. The molecule has 1 saturated carbocycles. The Morgan fingerprint density at radius 3 is 2.31 bits per heavy atom. The van der Waals surface area contributed by atoms with Gasteiger partial charge in [-0.25, -0.2) is 0 Å². The van der Waals surface area contributed by atoms with E-state index in [4.69, 9.17) is 0 Å². The monoisotopic (exact) mass is 350 g/mol. The van der Waals surface area contributed by atoms with Crippen molar-refractivity contribution < 1.29 is 9.69 Å². The van der Waals surface area contributed by atoms with Gasteiger partial charge in [0, 0.05) is 22.9 Å². The molecule has 0 unspecified atom stereocenters. The van der Waals surface area contributed by atoms with E-state index in [-0.39, 0.29) is 11.8 Å². The van der Waals surface area contributed by atoms with Gasteiger partial charge in [-0.3, -0.25) is 4.79 Å².